The van der Waals surface area contributed by atoms with Crippen molar-refractivity contribution in [1.29, 1.82) is 0 Å². The van der Waals surface area contributed by atoms with Gasteiger partial charge in [-0.1, -0.05) is 6.07 Å². The fourth-order valence-corrected chi connectivity index (χ4v) is 4.70. The molecule has 0 aliphatic rings. The second-order valence-electron chi connectivity index (χ2n) is 7.08. The van der Waals surface area contributed by atoms with E-state index in [4.69, 9.17) is 4.74 Å². The van der Waals surface area contributed by atoms with Crippen LogP contribution in [0.5, 0.6) is 5.75 Å². The summed E-state index contributed by atoms with van der Waals surface area (Å²) in [6.07, 6.45) is 0. The number of aryl methyl sites for hydroxylation is 2. The number of H-pyrrole nitrogens is 2. The monoisotopic (exact) mass is 476 g/mol. The van der Waals surface area contributed by atoms with Gasteiger partial charge >= 0.3 is 5.69 Å². The van der Waals surface area contributed by atoms with Gasteiger partial charge in [-0.05, 0) is 55.8 Å². The first-order valence-electron chi connectivity index (χ1n) is 9.59. The van der Waals surface area contributed by atoms with Crippen LogP contribution in [-0.2, 0) is 14.8 Å². The summed E-state index contributed by atoms with van der Waals surface area (Å²) in [6, 6.07) is 9.79. The Morgan fingerprint density at radius 1 is 1.09 bits per heavy atom. The minimum Gasteiger partial charge on any atom is -0.497 e. The van der Waals surface area contributed by atoms with E-state index in [2.05, 4.69) is 10.3 Å². The number of aromatic amines is 2. The number of hydrogen-bond donors (Lipinski definition) is 3. The average molecular weight is 476 g/mol. The van der Waals surface area contributed by atoms with Gasteiger partial charge in [0.2, 0.25) is 5.91 Å². The third kappa shape index (κ3) is 5.12. The van der Waals surface area contributed by atoms with E-state index < -0.39 is 44.4 Å². The molecule has 0 aliphatic heterocycles. The van der Waals surface area contributed by atoms with E-state index >= 15 is 0 Å². The van der Waals surface area contributed by atoms with Crippen molar-refractivity contribution in [1.82, 2.24) is 9.97 Å². The van der Waals surface area contributed by atoms with Crippen LogP contribution in [0.1, 0.15) is 11.3 Å². The lowest BCUT2D eigenvalue weighted by molar-refractivity contribution is -0.114. The lowest BCUT2D eigenvalue weighted by Gasteiger charge is -2.24. The summed E-state index contributed by atoms with van der Waals surface area (Å²) in [4.78, 5) is 40.0. The average Bonchev–Trinajstić information content (AvgIpc) is 2.73. The number of ether oxygens (including phenoxy) is 1. The number of methoxy groups -OCH3 is 1. The quantitative estimate of drug-likeness (QED) is 0.474. The smallest absolute Gasteiger partial charge is 0.325 e. The topological polar surface area (TPSA) is 141 Å². The molecule has 3 rings (SSSR count). The van der Waals surface area contributed by atoms with E-state index in [1.54, 1.807) is 6.92 Å². The number of amides is 1. The summed E-state index contributed by atoms with van der Waals surface area (Å²) < 4.78 is 46.5. The number of sulfonamides is 1. The number of hydrogen-bond acceptors (Lipinski definition) is 6. The first-order valence-corrected chi connectivity index (χ1v) is 11.0. The summed E-state index contributed by atoms with van der Waals surface area (Å²) in [5, 5.41) is 2.44. The van der Waals surface area contributed by atoms with Crippen LogP contribution in [0.2, 0.25) is 0 Å². The van der Waals surface area contributed by atoms with Crippen LogP contribution < -0.4 is 25.6 Å². The third-order valence-electron chi connectivity index (χ3n) is 4.73. The highest BCUT2D eigenvalue weighted by Gasteiger charge is 2.32. The highest BCUT2D eigenvalue weighted by atomic mass is 32.2. The van der Waals surface area contributed by atoms with E-state index in [-0.39, 0.29) is 17.1 Å². The third-order valence-corrected chi connectivity index (χ3v) is 6.65. The molecule has 174 valence electrons. The maximum Gasteiger partial charge on any atom is 0.325 e. The van der Waals surface area contributed by atoms with Gasteiger partial charge in [-0.3, -0.25) is 18.9 Å². The van der Waals surface area contributed by atoms with Gasteiger partial charge in [-0.2, -0.15) is 0 Å². The first-order chi connectivity index (χ1) is 15.5. The molecule has 0 atom stereocenters. The number of halogens is 1. The number of benzene rings is 2. The largest absolute Gasteiger partial charge is 0.497 e. The van der Waals surface area contributed by atoms with Crippen molar-refractivity contribution < 1.29 is 22.3 Å². The van der Waals surface area contributed by atoms with Crippen molar-refractivity contribution in [2.24, 2.45) is 0 Å². The number of nitrogens with one attached hydrogen (secondary N) is 3. The van der Waals surface area contributed by atoms with Gasteiger partial charge in [0.15, 0.2) is 4.90 Å². The van der Waals surface area contributed by atoms with Crippen molar-refractivity contribution >= 4 is 27.3 Å². The van der Waals surface area contributed by atoms with Gasteiger partial charge in [-0.15, -0.1) is 0 Å². The van der Waals surface area contributed by atoms with E-state index in [9.17, 15) is 27.2 Å². The molecular weight excluding hydrogens is 455 g/mol. The molecule has 33 heavy (non-hydrogen) atoms. The summed E-state index contributed by atoms with van der Waals surface area (Å²) in [6.45, 7) is 2.08. The SMILES string of the molecule is COc1ccc(N(CC(=O)Nc2ccc(C)c(F)c2)S(=O)(=O)c2c(C)[nH]c(=O)[nH]c2=O)cc1. The molecule has 1 aromatic heterocycles. The minimum absolute atomic E-state index is 0.0611. The van der Waals surface area contributed by atoms with Gasteiger partial charge in [-0.25, -0.2) is 17.6 Å². The number of rotatable bonds is 7. The molecule has 3 N–H and O–H groups in total. The zero-order valence-corrected chi connectivity index (χ0v) is 18.7. The van der Waals surface area contributed by atoms with Crippen molar-refractivity contribution in [2.45, 2.75) is 18.7 Å². The molecule has 1 heterocycles. The second kappa shape index (κ2) is 9.28. The Labute approximate surface area is 188 Å². The van der Waals surface area contributed by atoms with E-state index in [1.807, 2.05) is 4.98 Å². The molecule has 3 aromatic rings. The Kier molecular flexibility index (Phi) is 6.68. The zero-order valence-electron chi connectivity index (χ0n) is 17.9. The molecule has 2 aromatic carbocycles. The highest BCUT2D eigenvalue weighted by Crippen LogP contribution is 2.25. The molecule has 0 spiro atoms. The maximum absolute atomic E-state index is 13.8. The summed E-state index contributed by atoms with van der Waals surface area (Å²) in [5.41, 5.74) is -1.62. The first kappa shape index (κ1) is 23.7. The molecule has 0 unspecified atom stereocenters. The van der Waals surface area contributed by atoms with Crippen LogP contribution in [0.25, 0.3) is 0 Å². The van der Waals surface area contributed by atoms with Crippen LogP contribution >= 0.6 is 0 Å². The van der Waals surface area contributed by atoms with E-state index in [0.717, 1.165) is 6.07 Å². The Hall–Kier alpha value is -3.93. The summed E-state index contributed by atoms with van der Waals surface area (Å²) in [5.74, 6) is -0.882. The minimum atomic E-state index is -4.61. The Morgan fingerprint density at radius 3 is 2.33 bits per heavy atom. The number of aromatic nitrogens is 2. The molecule has 0 bridgehead atoms. The number of carbonyl (C=O) groups excluding carboxylic acids is 1. The van der Waals surface area contributed by atoms with Gasteiger partial charge in [0.25, 0.3) is 15.6 Å². The Balaban J connectivity index is 2.04. The van der Waals surface area contributed by atoms with Crippen LogP contribution in [0.3, 0.4) is 0 Å². The van der Waals surface area contributed by atoms with Crippen LogP contribution in [0.15, 0.2) is 56.9 Å². The molecule has 0 saturated heterocycles. The molecular formula is C21H21FN4O6S. The fraction of sp³-hybridized carbons (Fsp3) is 0.190. The van der Waals surface area contributed by atoms with Crippen LogP contribution in [0, 0.1) is 19.7 Å². The fourth-order valence-electron chi connectivity index (χ4n) is 3.07. The number of carbonyl (C=O) groups is 1. The van der Waals surface area contributed by atoms with Gasteiger partial charge in [0.05, 0.1) is 12.8 Å². The van der Waals surface area contributed by atoms with Gasteiger partial charge in [0.1, 0.15) is 18.1 Å². The number of anilines is 2. The van der Waals surface area contributed by atoms with Gasteiger partial charge < -0.3 is 15.0 Å². The molecule has 0 radical (unpaired) electrons. The van der Waals surface area contributed by atoms with E-state index in [1.165, 1.54) is 50.4 Å². The summed E-state index contributed by atoms with van der Waals surface area (Å²) >= 11 is 0. The van der Waals surface area contributed by atoms with Crippen molar-refractivity contribution in [3.63, 3.8) is 0 Å². The molecule has 1 amide bonds. The van der Waals surface area contributed by atoms with Gasteiger partial charge in [0, 0.05) is 11.4 Å². The normalized spacial score (nSPS) is 11.2. The molecule has 0 saturated carbocycles. The molecule has 10 nitrogen and oxygen atoms in total. The predicted molar refractivity (Wildman–Crippen MR) is 120 cm³/mol. The highest BCUT2D eigenvalue weighted by molar-refractivity contribution is 7.92. The molecule has 12 heteroatoms. The Bertz CT molecular complexity index is 1410. The van der Waals surface area contributed by atoms with Crippen LogP contribution in [0.4, 0.5) is 15.8 Å². The lowest BCUT2D eigenvalue weighted by Crippen LogP contribution is -2.42. The zero-order chi connectivity index (χ0) is 24.3. The van der Waals surface area contributed by atoms with Crippen molar-refractivity contribution in [2.75, 3.05) is 23.3 Å². The van der Waals surface area contributed by atoms with Crippen LogP contribution in [-0.4, -0.2) is 37.9 Å². The second-order valence-corrected chi connectivity index (χ2v) is 8.88. The maximum atomic E-state index is 13.8. The van der Waals surface area contributed by atoms with Crippen molar-refractivity contribution in [3.8, 4) is 5.75 Å². The van der Waals surface area contributed by atoms with E-state index in [0.29, 0.717) is 15.6 Å². The lowest BCUT2D eigenvalue weighted by atomic mass is 10.2. The standard InChI is InChI=1S/C21H21FN4O6S/c1-12-4-5-14(10-17(12)22)24-18(27)11-26(15-6-8-16(32-3)9-7-15)33(30,31)19-13(2)23-21(29)25-20(19)28/h4-10H,11H2,1-3H3,(H,24,27)(H2,23,25,28,29). The number of nitrogens with zero attached hydrogens (tertiary/aromatic N) is 1. The molecule has 0 fully saturated rings. The molecule has 0 aliphatic carbocycles. The summed E-state index contributed by atoms with van der Waals surface area (Å²) in [7, 11) is -3.18. The van der Waals surface area contributed by atoms with Crippen molar-refractivity contribution in [3.05, 3.63) is 80.4 Å². The predicted octanol–water partition coefficient (Wildman–Crippen LogP) is 1.66. The Morgan fingerprint density at radius 2 is 1.76 bits per heavy atom.